The molecule has 7 heteroatoms. The number of nitrogens with zero attached hydrogens (tertiary/aromatic N) is 3. The van der Waals surface area contributed by atoms with Gasteiger partial charge < -0.3 is 14.7 Å². The third-order valence-electron chi connectivity index (χ3n) is 4.76. The Kier molecular flexibility index (Phi) is 6.24. The molecule has 1 fully saturated rings. The number of carbonyl (C=O) groups excluding carboxylic acids is 2. The molecule has 2 aromatic rings. The summed E-state index contributed by atoms with van der Waals surface area (Å²) in [4.78, 5) is 28.7. The van der Waals surface area contributed by atoms with Gasteiger partial charge in [0.1, 0.15) is 5.76 Å². The molecular formula is C20H26N4O3. The minimum absolute atomic E-state index is 0.0000732. The van der Waals surface area contributed by atoms with Crippen molar-refractivity contribution in [2.45, 2.75) is 26.3 Å². The SMILES string of the molecule is Cc1cc(NC(=O)CN(C)C(=O)C2CCCN(Cc3ccccc3)C2)no1. The van der Waals surface area contributed by atoms with Crippen molar-refractivity contribution in [1.29, 1.82) is 0 Å². The Morgan fingerprint density at radius 1 is 1.33 bits per heavy atom. The summed E-state index contributed by atoms with van der Waals surface area (Å²) < 4.78 is 4.92. The summed E-state index contributed by atoms with van der Waals surface area (Å²) in [6, 6.07) is 11.9. The van der Waals surface area contributed by atoms with E-state index in [1.165, 1.54) is 10.5 Å². The first kappa shape index (κ1) is 19.1. The summed E-state index contributed by atoms with van der Waals surface area (Å²) in [7, 11) is 1.67. The van der Waals surface area contributed by atoms with Crippen LogP contribution in [-0.4, -0.2) is 53.5 Å². The van der Waals surface area contributed by atoms with Crippen LogP contribution in [0.25, 0.3) is 0 Å². The maximum atomic E-state index is 12.8. The average Bonchev–Trinajstić information content (AvgIpc) is 3.06. The highest BCUT2D eigenvalue weighted by molar-refractivity contribution is 5.94. The van der Waals surface area contributed by atoms with E-state index in [0.717, 1.165) is 32.5 Å². The van der Waals surface area contributed by atoms with Crippen LogP contribution in [0.2, 0.25) is 0 Å². The Hall–Kier alpha value is -2.67. The van der Waals surface area contributed by atoms with Gasteiger partial charge in [0.05, 0.1) is 12.5 Å². The molecule has 3 rings (SSSR count). The van der Waals surface area contributed by atoms with Crippen molar-refractivity contribution in [3.05, 3.63) is 47.7 Å². The van der Waals surface area contributed by atoms with Gasteiger partial charge in [0, 0.05) is 26.2 Å². The zero-order chi connectivity index (χ0) is 19.2. The molecule has 0 saturated carbocycles. The lowest BCUT2D eigenvalue weighted by Crippen LogP contribution is -2.45. The molecule has 1 aromatic carbocycles. The van der Waals surface area contributed by atoms with Crippen molar-refractivity contribution < 1.29 is 14.1 Å². The molecule has 1 aliphatic rings. The third-order valence-corrected chi connectivity index (χ3v) is 4.76. The molecule has 1 aromatic heterocycles. The Morgan fingerprint density at radius 2 is 2.11 bits per heavy atom. The minimum Gasteiger partial charge on any atom is -0.360 e. The van der Waals surface area contributed by atoms with Gasteiger partial charge in [0.15, 0.2) is 5.82 Å². The molecule has 27 heavy (non-hydrogen) atoms. The standard InChI is InChI=1S/C20H26N4O3/c1-15-11-18(22-27-15)21-19(25)14-23(2)20(26)17-9-6-10-24(13-17)12-16-7-4-3-5-8-16/h3-5,7-8,11,17H,6,9-10,12-14H2,1-2H3,(H,21,22,25). The molecule has 0 aliphatic carbocycles. The largest absolute Gasteiger partial charge is 0.360 e. The maximum absolute atomic E-state index is 12.8. The molecule has 2 heterocycles. The molecule has 2 amide bonds. The first-order chi connectivity index (χ1) is 13.0. The molecule has 0 radical (unpaired) electrons. The van der Waals surface area contributed by atoms with Crippen molar-refractivity contribution >= 4 is 17.6 Å². The molecule has 1 N–H and O–H groups in total. The zero-order valence-electron chi connectivity index (χ0n) is 15.9. The van der Waals surface area contributed by atoms with Crippen LogP contribution in [0.3, 0.4) is 0 Å². The Morgan fingerprint density at radius 3 is 2.81 bits per heavy atom. The number of aromatic nitrogens is 1. The summed E-state index contributed by atoms with van der Waals surface area (Å²) in [6.07, 6.45) is 1.85. The normalized spacial score (nSPS) is 17.5. The quantitative estimate of drug-likeness (QED) is 0.844. The van der Waals surface area contributed by atoms with Gasteiger partial charge in [0.2, 0.25) is 11.8 Å². The fourth-order valence-corrected chi connectivity index (χ4v) is 3.46. The second-order valence-corrected chi connectivity index (χ2v) is 7.13. The summed E-state index contributed by atoms with van der Waals surface area (Å²) in [5.41, 5.74) is 1.25. The number of benzene rings is 1. The van der Waals surface area contributed by atoms with Gasteiger partial charge in [-0.25, -0.2) is 0 Å². The van der Waals surface area contributed by atoms with E-state index in [4.69, 9.17) is 4.52 Å². The third kappa shape index (κ3) is 5.40. The minimum atomic E-state index is -0.281. The predicted octanol–water partition coefficient (Wildman–Crippen LogP) is 2.29. The van der Waals surface area contributed by atoms with Crippen LogP contribution in [0.5, 0.6) is 0 Å². The van der Waals surface area contributed by atoms with E-state index in [0.29, 0.717) is 11.6 Å². The summed E-state index contributed by atoms with van der Waals surface area (Å²) in [5.74, 6) is 0.644. The molecule has 1 atom stereocenters. The van der Waals surface area contributed by atoms with Gasteiger partial charge in [0.25, 0.3) is 0 Å². The number of amides is 2. The summed E-state index contributed by atoms with van der Waals surface area (Å²) >= 11 is 0. The molecule has 0 bridgehead atoms. The van der Waals surface area contributed by atoms with Crippen molar-refractivity contribution in [2.75, 3.05) is 32.0 Å². The van der Waals surface area contributed by atoms with Crippen molar-refractivity contribution in [3.63, 3.8) is 0 Å². The van der Waals surface area contributed by atoms with E-state index in [9.17, 15) is 9.59 Å². The molecule has 144 valence electrons. The van der Waals surface area contributed by atoms with Crippen LogP contribution in [0.1, 0.15) is 24.2 Å². The first-order valence-electron chi connectivity index (χ1n) is 9.25. The smallest absolute Gasteiger partial charge is 0.245 e. The number of rotatable bonds is 6. The lowest BCUT2D eigenvalue weighted by Gasteiger charge is -2.33. The molecule has 1 aliphatic heterocycles. The number of piperidine rings is 1. The van der Waals surface area contributed by atoms with E-state index >= 15 is 0 Å². The molecular weight excluding hydrogens is 344 g/mol. The van der Waals surface area contributed by atoms with E-state index in [-0.39, 0.29) is 24.3 Å². The van der Waals surface area contributed by atoms with E-state index in [2.05, 4.69) is 27.5 Å². The monoisotopic (exact) mass is 370 g/mol. The predicted molar refractivity (Wildman–Crippen MR) is 102 cm³/mol. The number of likely N-dealkylation sites (N-methyl/N-ethyl adjacent to an activating group) is 1. The molecule has 7 nitrogen and oxygen atoms in total. The van der Waals surface area contributed by atoms with Crippen LogP contribution in [0, 0.1) is 12.8 Å². The van der Waals surface area contributed by atoms with Crippen LogP contribution in [0.15, 0.2) is 40.9 Å². The second kappa shape index (κ2) is 8.81. The van der Waals surface area contributed by atoms with Gasteiger partial charge in [-0.05, 0) is 31.9 Å². The van der Waals surface area contributed by atoms with Crippen molar-refractivity contribution in [3.8, 4) is 0 Å². The van der Waals surface area contributed by atoms with Crippen molar-refractivity contribution in [1.82, 2.24) is 15.0 Å². The fraction of sp³-hybridized carbons (Fsp3) is 0.450. The topological polar surface area (TPSA) is 78.7 Å². The highest BCUT2D eigenvalue weighted by Crippen LogP contribution is 2.20. The van der Waals surface area contributed by atoms with Gasteiger partial charge in [-0.15, -0.1) is 0 Å². The lowest BCUT2D eigenvalue weighted by molar-refractivity contribution is -0.138. The first-order valence-corrected chi connectivity index (χ1v) is 9.25. The zero-order valence-corrected chi connectivity index (χ0v) is 15.9. The lowest BCUT2D eigenvalue weighted by atomic mass is 9.96. The van der Waals surface area contributed by atoms with Crippen LogP contribution < -0.4 is 5.32 Å². The van der Waals surface area contributed by atoms with Gasteiger partial charge in [-0.3, -0.25) is 14.5 Å². The maximum Gasteiger partial charge on any atom is 0.245 e. The fourth-order valence-electron chi connectivity index (χ4n) is 3.46. The molecule has 1 unspecified atom stereocenters. The number of nitrogens with one attached hydrogen (secondary N) is 1. The summed E-state index contributed by atoms with van der Waals surface area (Å²) in [5, 5.41) is 6.38. The van der Waals surface area contributed by atoms with Gasteiger partial charge in [-0.1, -0.05) is 35.5 Å². The highest BCUT2D eigenvalue weighted by Gasteiger charge is 2.28. The van der Waals surface area contributed by atoms with Gasteiger partial charge >= 0.3 is 0 Å². The number of hydrogen-bond donors (Lipinski definition) is 1. The highest BCUT2D eigenvalue weighted by atomic mass is 16.5. The van der Waals surface area contributed by atoms with Gasteiger partial charge in [-0.2, -0.15) is 0 Å². The van der Waals surface area contributed by atoms with E-state index in [1.807, 2.05) is 18.2 Å². The summed E-state index contributed by atoms with van der Waals surface area (Å²) in [6.45, 7) is 4.32. The number of hydrogen-bond acceptors (Lipinski definition) is 5. The van der Waals surface area contributed by atoms with Crippen LogP contribution in [-0.2, 0) is 16.1 Å². The number of aryl methyl sites for hydroxylation is 1. The second-order valence-electron chi connectivity index (χ2n) is 7.13. The van der Waals surface area contributed by atoms with Crippen LogP contribution in [0.4, 0.5) is 5.82 Å². The number of likely N-dealkylation sites (tertiary alicyclic amines) is 1. The number of anilines is 1. The molecule has 0 spiro atoms. The van der Waals surface area contributed by atoms with E-state index < -0.39 is 0 Å². The molecule has 1 saturated heterocycles. The van der Waals surface area contributed by atoms with Crippen molar-refractivity contribution in [2.24, 2.45) is 5.92 Å². The Balaban J connectivity index is 1.50. The van der Waals surface area contributed by atoms with Crippen LogP contribution >= 0.6 is 0 Å². The number of carbonyl (C=O) groups is 2. The van der Waals surface area contributed by atoms with E-state index in [1.54, 1.807) is 20.0 Å². The Bertz CT molecular complexity index is 775. The Labute approximate surface area is 159 Å². The average molecular weight is 370 g/mol.